The predicted octanol–water partition coefficient (Wildman–Crippen LogP) is 3.02. The van der Waals surface area contributed by atoms with Crippen LogP contribution in [0, 0.1) is 0 Å². The molecular weight excluding hydrogens is 420 g/mol. The van der Waals surface area contributed by atoms with Crippen LogP contribution in [0.4, 0.5) is 0 Å². The Balaban J connectivity index is 1.20. The summed E-state index contributed by atoms with van der Waals surface area (Å²) in [4.78, 5) is 15.5. The van der Waals surface area contributed by atoms with Crippen molar-refractivity contribution in [1.82, 2.24) is 30.1 Å². The predicted molar refractivity (Wildman–Crippen MR) is 123 cm³/mol. The third-order valence-corrected chi connectivity index (χ3v) is 5.27. The first-order valence-corrected chi connectivity index (χ1v) is 10.5. The molecule has 2 N–H and O–H groups in total. The maximum atomic E-state index is 12.3. The number of ether oxygens (including phenoxy) is 2. The zero-order valence-electron chi connectivity index (χ0n) is 18.0. The molecule has 5 aromatic rings. The van der Waals surface area contributed by atoms with Gasteiger partial charge in [0.25, 0.3) is 0 Å². The lowest BCUT2D eigenvalue weighted by atomic mass is 10.1. The second-order valence-electron chi connectivity index (χ2n) is 7.43. The van der Waals surface area contributed by atoms with E-state index in [1.54, 1.807) is 23.8 Å². The number of nitrogens with zero attached hydrogens (tertiary/aromatic N) is 4. The fourth-order valence-electron chi connectivity index (χ4n) is 3.65. The Morgan fingerprint density at radius 2 is 2.00 bits per heavy atom. The monoisotopic (exact) mass is 442 g/mol. The van der Waals surface area contributed by atoms with E-state index in [9.17, 15) is 4.79 Å². The quantitative estimate of drug-likeness (QED) is 0.358. The van der Waals surface area contributed by atoms with E-state index in [-0.39, 0.29) is 12.5 Å². The van der Waals surface area contributed by atoms with Crippen LogP contribution in [0.25, 0.3) is 27.9 Å². The summed E-state index contributed by atoms with van der Waals surface area (Å²) in [5, 5.41) is 16.8. The first kappa shape index (κ1) is 20.5. The van der Waals surface area contributed by atoms with Gasteiger partial charge >= 0.3 is 0 Å². The van der Waals surface area contributed by atoms with Crippen LogP contribution in [0.15, 0.2) is 66.9 Å². The van der Waals surface area contributed by atoms with Gasteiger partial charge < -0.3 is 19.8 Å². The molecule has 2 aromatic carbocycles. The minimum atomic E-state index is -0.0640. The van der Waals surface area contributed by atoms with Crippen molar-refractivity contribution in [3.05, 3.63) is 72.4 Å². The summed E-state index contributed by atoms with van der Waals surface area (Å²) in [6, 6.07) is 19.0. The Morgan fingerprint density at radius 3 is 2.91 bits per heavy atom. The molecule has 9 heteroatoms. The van der Waals surface area contributed by atoms with Crippen molar-refractivity contribution < 1.29 is 14.3 Å². The molecule has 3 heterocycles. The average Bonchev–Trinajstić information content (AvgIpc) is 3.46. The number of nitrogens with one attached hydrogen (secondary N) is 2. The van der Waals surface area contributed by atoms with Gasteiger partial charge in [-0.05, 0) is 29.8 Å². The molecule has 0 saturated carbocycles. The summed E-state index contributed by atoms with van der Waals surface area (Å²) >= 11 is 0. The molecule has 0 radical (unpaired) electrons. The first-order chi connectivity index (χ1) is 16.2. The molecule has 0 fully saturated rings. The Labute approximate surface area is 189 Å². The number of carbonyl (C=O) groups is 1. The van der Waals surface area contributed by atoms with Gasteiger partial charge in [0, 0.05) is 28.7 Å². The number of aromatic nitrogens is 5. The van der Waals surface area contributed by atoms with E-state index in [0.717, 1.165) is 27.8 Å². The SMILES string of the molecule is COc1cccc(-c2nnc3ccc(OCCNC(=O)Cc4c[nH]c5ccccc45)nn23)c1. The van der Waals surface area contributed by atoms with E-state index < -0.39 is 0 Å². The topological polar surface area (TPSA) is 106 Å². The summed E-state index contributed by atoms with van der Waals surface area (Å²) in [7, 11) is 1.62. The van der Waals surface area contributed by atoms with Crippen LogP contribution in [0.5, 0.6) is 11.6 Å². The number of rotatable bonds is 8. The van der Waals surface area contributed by atoms with E-state index in [4.69, 9.17) is 9.47 Å². The Bertz CT molecular complexity index is 1420. The van der Waals surface area contributed by atoms with Crippen molar-refractivity contribution in [2.24, 2.45) is 0 Å². The van der Waals surface area contributed by atoms with Crippen molar-refractivity contribution in [2.45, 2.75) is 6.42 Å². The largest absolute Gasteiger partial charge is 0.497 e. The zero-order valence-corrected chi connectivity index (χ0v) is 18.0. The van der Waals surface area contributed by atoms with Gasteiger partial charge in [-0.15, -0.1) is 15.3 Å². The highest BCUT2D eigenvalue weighted by Crippen LogP contribution is 2.23. The average molecular weight is 442 g/mol. The number of para-hydroxylation sites is 1. The number of H-pyrrole nitrogens is 1. The second kappa shape index (κ2) is 8.99. The summed E-state index contributed by atoms with van der Waals surface area (Å²) in [5.41, 5.74) is 3.42. The minimum absolute atomic E-state index is 0.0640. The Hall–Kier alpha value is -4.40. The van der Waals surface area contributed by atoms with Crippen LogP contribution < -0.4 is 14.8 Å². The molecule has 0 saturated heterocycles. The smallest absolute Gasteiger partial charge is 0.231 e. The highest BCUT2D eigenvalue weighted by Gasteiger charge is 2.12. The number of amides is 1. The van der Waals surface area contributed by atoms with Gasteiger partial charge in [0.05, 0.1) is 20.1 Å². The minimum Gasteiger partial charge on any atom is -0.497 e. The number of benzene rings is 2. The van der Waals surface area contributed by atoms with Gasteiger partial charge in [0.1, 0.15) is 12.4 Å². The Morgan fingerprint density at radius 1 is 1.09 bits per heavy atom. The van der Waals surface area contributed by atoms with E-state index in [1.165, 1.54) is 0 Å². The van der Waals surface area contributed by atoms with Crippen LogP contribution in [-0.2, 0) is 11.2 Å². The van der Waals surface area contributed by atoms with E-state index in [2.05, 4.69) is 25.6 Å². The third-order valence-electron chi connectivity index (χ3n) is 5.27. The fourth-order valence-corrected chi connectivity index (χ4v) is 3.65. The standard InChI is InChI=1S/C24H22N6O3/c1-32-18-6-4-5-16(13-18)24-28-27-21-9-10-23(29-30(21)24)33-12-11-25-22(31)14-17-15-26-20-8-3-2-7-19(17)20/h2-10,13,15,26H,11-12,14H2,1H3,(H,25,31). The summed E-state index contributed by atoms with van der Waals surface area (Å²) in [5.74, 6) is 1.66. The molecule has 0 unspecified atom stereocenters. The van der Waals surface area contributed by atoms with Gasteiger partial charge in [-0.3, -0.25) is 4.79 Å². The number of hydrogen-bond donors (Lipinski definition) is 2. The molecule has 3 aromatic heterocycles. The van der Waals surface area contributed by atoms with Crippen LogP contribution in [0.3, 0.4) is 0 Å². The number of hydrogen-bond acceptors (Lipinski definition) is 6. The van der Waals surface area contributed by atoms with Gasteiger partial charge in [0.15, 0.2) is 11.5 Å². The normalized spacial score (nSPS) is 11.1. The van der Waals surface area contributed by atoms with Crippen molar-refractivity contribution >= 4 is 22.5 Å². The summed E-state index contributed by atoms with van der Waals surface area (Å²) in [6.07, 6.45) is 2.18. The van der Waals surface area contributed by atoms with Gasteiger partial charge in [-0.2, -0.15) is 4.52 Å². The first-order valence-electron chi connectivity index (χ1n) is 10.5. The fraction of sp³-hybridized carbons (Fsp3) is 0.167. The highest BCUT2D eigenvalue weighted by atomic mass is 16.5. The molecule has 0 aliphatic carbocycles. The molecule has 0 aliphatic heterocycles. The number of methoxy groups -OCH3 is 1. The number of fused-ring (bicyclic) bond motifs is 2. The molecule has 0 bridgehead atoms. The summed E-state index contributed by atoms with van der Waals surface area (Å²) < 4.78 is 12.7. The molecule has 0 aliphatic rings. The van der Waals surface area contributed by atoms with Gasteiger partial charge in [0.2, 0.25) is 11.8 Å². The Kier molecular flexibility index (Phi) is 5.59. The molecule has 166 valence electrons. The maximum Gasteiger partial charge on any atom is 0.231 e. The molecule has 33 heavy (non-hydrogen) atoms. The second-order valence-corrected chi connectivity index (χ2v) is 7.43. The number of aromatic amines is 1. The van der Waals surface area contributed by atoms with Crippen LogP contribution >= 0.6 is 0 Å². The van der Waals surface area contributed by atoms with Crippen molar-refractivity contribution in [1.29, 1.82) is 0 Å². The molecule has 9 nitrogen and oxygen atoms in total. The molecule has 5 rings (SSSR count). The van der Waals surface area contributed by atoms with Crippen LogP contribution in [0.1, 0.15) is 5.56 Å². The van der Waals surface area contributed by atoms with Crippen LogP contribution in [-0.4, -0.2) is 51.0 Å². The molecule has 0 atom stereocenters. The lowest BCUT2D eigenvalue weighted by molar-refractivity contribution is -0.120. The molecular formula is C24H22N6O3. The summed E-state index contributed by atoms with van der Waals surface area (Å²) in [6.45, 7) is 0.653. The van der Waals surface area contributed by atoms with Crippen LogP contribution in [0.2, 0.25) is 0 Å². The van der Waals surface area contributed by atoms with Crippen molar-refractivity contribution in [3.63, 3.8) is 0 Å². The maximum absolute atomic E-state index is 12.3. The zero-order chi connectivity index (χ0) is 22.6. The molecule has 0 spiro atoms. The lowest BCUT2D eigenvalue weighted by Crippen LogP contribution is -2.29. The lowest BCUT2D eigenvalue weighted by Gasteiger charge is -2.08. The number of carbonyl (C=O) groups excluding carboxylic acids is 1. The van der Waals surface area contributed by atoms with E-state index >= 15 is 0 Å². The van der Waals surface area contributed by atoms with Crippen molar-refractivity contribution in [3.8, 4) is 23.0 Å². The van der Waals surface area contributed by atoms with Crippen molar-refractivity contribution in [2.75, 3.05) is 20.3 Å². The highest BCUT2D eigenvalue weighted by molar-refractivity contribution is 5.88. The molecule has 1 amide bonds. The van der Waals surface area contributed by atoms with Gasteiger partial charge in [-0.1, -0.05) is 30.3 Å². The van der Waals surface area contributed by atoms with E-state index in [0.29, 0.717) is 30.3 Å². The van der Waals surface area contributed by atoms with E-state index in [1.807, 2.05) is 54.7 Å². The van der Waals surface area contributed by atoms with Gasteiger partial charge in [-0.25, -0.2) is 0 Å². The third kappa shape index (κ3) is 4.33.